The zero-order valence-electron chi connectivity index (χ0n) is 12.1. The summed E-state index contributed by atoms with van der Waals surface area (Å²) in [4.78, 5) is 0. The molecule has 2 unspecified atom stereocenters. The lowest BCUT2D eigenvalue weighted by Gasteiger charge is -2.21. The highest BCUT2D eigenvalue weighted by molar-refractivity contribution is 5.37. The molecule has 3 heteroatoms. The van der Waals surface area contributed by atoms with Crippen LogP contribution in [0, 0.1) is 11.3 Å². The summed E-state index contributed by atoms with van der Waals surface area (Å²) in [6, 6.07) is 8.92. The van der Waals surface area contributed by atoms with Gasteiger partial charge in [0.15, 0.2) is 0 Å². The van der Waals surface area contributed by atoms with Crippen LogP contribution in [-0.4, -0.2) is 18.7 Å². The Balaban J connectivity index is 1.69. The number of hydrogen-bond acceptors (Lipinski definition) is 3. The largest absolute Gasteiger partial charge is 0.490 e. The van der Waals surface area contributed by atoms with Crippen molar-refractivity contribution in [1.29, 1.82) is 5.26 Å². The topological polar surface area (TPSA) is 45.0 Å². The Labute approximate surface area is 120 Å². The fourth-order valence-corrected chi connectivity index (χ4v) is 3.46. The summed E-state index contributed by atoms with van der Waals surface area (Å²) in [5.41, 5.74) is 2.54. The Bertz CT molecular complexity index is 534. The first kappa shape index (κ1) is 13.5. The Kier molecular flexibility index (Phi) is 3.67. The van der Waals surface area contributed by atoms with Crippen molar-refractivity contribution < 1.29 is 4.74 Å². The lowest BCUT2D eigenvalue weighted by Crippen LogP contribution is -2.39. The lowest BCUT2D eigenvalue weighted by atomic mass is 9.92. The number of hydrogen-bond donors (Lipinski definition) is 1. The second kappa shape index (κ2) is 5.46. The fourth-order valence-electron chi connectivity index (χ4n) is 3.46. The van der Waals surface area contributed by atoms with E-state index in [-0.39, 0.29) is 6.10 Å². The van der Waals surface area contributed by atoms with Gasteiger partial charge in [-0.2, -0.15) is 5.26 Å². The predicted molar refractivity (Wildman–Crippen MR) is 78.8 cm³/mol. The molecule has 0 aliphatic heterocycles. The van der Waals surface area contributed by atoms with Gasteiger partial charge in [0, 0.05) is 6.42 Å². The number of fused-ring (bicyclic) bond motifs is 1. The van der Waals surface area contributed by atoms with Gasteiger partial charge in [0.2, 0.25) is 0 Å². The summed E-state index contributed by atoms with van der Waals surface area (Å²) in [7, 11) is 1.87. The maximum atomic E-state index is 9.29. The summed E-state index contributed by atoms with van der Waals surface area (Å²) < 4.78 is 6.11. The van der Waals surface area contributed by atoms with E-state index >= 15 is 0 Å². The van der Waals surface area contributed by atoms with E-state index in [4.69, 9.17) is 4.74 Å². The van der Waals surface area contributed by atoms with Gasteiger partial charge < -0.3 is 10.1 Å². The molecule has 0 spiro atoms. The molecule has 2 atom stereocenters. The molecule has 3 rings (SSSR count). The molecule has 0 radical (unpaired) electrons. The van der Waals surface area contributed by atoms with Gasteiger partial charge >= 0.3 is 0 Å². The molecule has 3 nitrogen and oxygen atoms in total. The predicted octanol–water partition coefficient (Wildman–Crippen LogP) is 2.98. The van der Waals surface area contributed by atoms with Crippen LogP contribution in [0.2, 0.25) is 0 Å². The number of aryl methyl sites for hydroxylation is 2. The van der Waals surface area contributed by atoms with Crippen molar-refractivity contribution in [2.75, 3.05) is 7.05 Å². The van der Waals surface area contributed by atoms with Gasteiger partial charge in [-0.25, -0.2) is 0 Å². The Morgan fingerprint density at radius 2 is 2.10 bits per heavy atom. The average Bonchev–Trinajstić information content (AvgIpc) is 2.91. The number of nitrogens with one attached hydrogen (secondary N) is 1. The smallest absolute Gasteiger partial charge is 0.120 e. The number of nitriles is 1. The quantitative estimate of drug-likeness (QED) is 0.918. The number of benzene rings is 1. The van der Waals surface area contributed by atoms with Crippen molar-refractivity contribution >= 4 is 0 Å². The van der Waals surface area contributed by atoms with Gasteiger partial charge in [-0.1, -0.05) is 6.07 Å². The molecule has 1 N–H and O–H groups in total. The van der Waals surface area contributed by atoms with Crippen LogP contribution >= 0.6 is 0 Å². The van der Waals surface area contributed by atoms with Gasteiger partial charge in [0.1, 0.15) is 17.4 Å². The Morgan fingerprint density at radius 1 is 1.30 bits per heavy atom. The van der Waals surface area contributed by atoms with E-state index in [9.17, 15) is 5.26 Å². The summed E-state index contributed by atoms with van der Waals surface area (Å²) in [5, 5.41) is 12.4. The van der Waals surface area contributed by atoms with Crippen molar-refractivity contribution in [3.8, 4) is 11.8 Å². The van der Waals surface area contributed by atoms with Gasteiger partial charge in [0.25, 0.3) is 0 Å². The molecule has 1 aromatic rings. The van der Waals surface area contributed by atoms with Crippen LogP contribution in [0.5, 0.6) is 5.75 Å². The van der Waals surface area contributed by atoms with Gasteiger partial charge in [-0.3, -0.25) is 0 Å². The molecular weight excluding hydrogens is 248 g/mol. The van der Waals surface area contributed by atoms with Crippen LogP contribution in [0.4, 0.5) is 0 Å². The summed E-state index contributed by atoms with van der Waals surface area (Å²) in [5.74, 6) is 0.973. The summed E-state index contributed by atoms with van der Waals surface area (Å²) in [6.07, 6.45) is 7.73. The summed E-state index contributed by atoms with van der Waals surface area (Å²) in [6.45, 7) is 0. The average molecular weight is 270 g/mol. The van der Waals surface area contributed by atoms with Crippen LogP contribution < -0.4 is 10.1 Å². The standard InChI is InChI=1S/C17H22N2O/c1-19-17(12-18)9-8-16(11-17)20-15-7-6-13-4-2-3-5-14(13)10-15/h6-7,10,16,19H,2-5,8-9,11H2,1H3. The normalized spacial score (nSPS) is 28.7. The van der Waals surface area contributed by atoms with Crippen LogP contribution in [0.1, 0.15) is 43.2 Å². The van der Waals surface area contributed by atoms with E-state index in [0.29, 0.717) is 0 Å². The van der Waals surface area contributed by atoms with E-state index in [1.54, 1.807) is 0 Å². The first-order chi connectivity index (χ1) is 9.74. The zero-order chi connectivity index (χ0) is 14.0. The van der Waals surface area contributed by atoms with Crippen LogP contribution in [0.3, 0.4) is 0 Å². The molecule has 0 saturated heterocycles. The molecule has 0 heterocycles. The molecule has 1 aromatic carbocycles. The fraction of sp³-hybridized carbons (Fsp3) is 0.588. The highest BCUT2D eigenvalue weighted by atomic mass is 16.5. The molecule has 1 saturated carbocycles. The molecule has 2 aliphatic rings. The van der Waals surface area contributed by atoms with Crippen LogP contribution in [0.15, 0.2) is 18.2 Å². The number of rotatable bonds is 3. The van der Waals surface area contributed by atoms with Gasteiger partial charge in [0.05, 0.1) is 6.07 Å². The van der Waals surface area contributed by atoms with E-state index in [1.807, 2.05) is 7.05 Å². The van der Waals surface area contributed by atoms with Crippen LogP contribution in [0.25, 0.3) is 0 Å². The van der Waals surface area contributed by atoms with Gasteiger partial charge in [-0.05, 0) is 68.8 Å². The Morgan fingerprint density at radius 3 is 2.80 bits per heavy atom. The SMILES string of the molecule is CNC1(C#N)CCC(Oc2ccc3c(c2)CCCC3)C1. The lowest BCUT2D eigenvalue weighted by molar-refractivity contribution is 0.201. The molecule has 0 amide bonds. The maximum Gasteiger partial charge on any atom is 0.120 e. The van der Waals surface area contributed by atoms with E-state index < -0.39 is 5.54 Å². The first-order valence-electron chi connectivity index (χ1n) is 7.63. The molecule has 1 fully saturated rings. The third kappa shape index (κ3) is 2.53. The molecule has 2 aliphatic carbocycles. The summed E-state index contributed by atoms with van der Waals surface area (Å²) >= 11 is 0. The minimum Gasteiger partial charge on any atom is -0.490 e. The van der Waals surface area contributed by atoms with Crippen molar-refractivity contribution in [2.24, 2.45) is 0 Å². The third-order valence-corrected chi connectivity index (χ3v) is 4.78. The first-order valence-corrected chi connectivity index (χ1v) is 7.63. The molecule has 0 bridgehead atoms. The highest BCUT2D eigenvalue weighted by Crippen LogP contribution is 2.33. The third-order valence-electron chi connectivity index (χ3n) is 4.78. The minimum atomic E-state index is -0.390. The second-order valence-electron chi connectivity index (χ2n) is 6.06. The molecule has 20 heavy (non-hydrogen) atoms. The monoisotopic (exact) mass is 270 g/mol. The van der Waals surface area contributed by atoms with Crippen molar-refractivity contribution in [2.45, 2.75) is 56.6 Å². The number of nitrogens with zero attached hydrogens (tertiary/aromatic N) is 1. The van der Waals surface area contributed by atoms with Crippen molar-refractivity contribution in [3.63, 3.8) is 0 Å². The zero-order valence-corrected chi connectivity index (χ0v) is 12.1. The molecule has 106 valence electrons. The van der Waals surface area contributed by atoms with Crippen molar-refractivity contribution in [3.05, 3.63) is 29.3 Å². The second-order valence-corrected chi connectivity index (χ2v) is 6.06. The van der Waals surface area contributed by atoms with E-state index in [1.165, 1.54) is 36.8 Å². The maximum absolute atomic E-state index is 9.29. The highest BCUT2D eigenvalue weighted by Gasteiger charge is 2.39. The van der Waals surface area contributed by atoms with Crippen molar-refractivity contribution in [1.82, 2.24) is 5.32 Å². The minimum absolute atomic E-state index is 0.156. The van der Waals surface area contributed by atoms with Crippen LogP contribution in [-0.2, 0) is 12.8 Å². The molecular formula is C17H22N2O. The number of ether oxygens (including phenoxy) is 1. The van der Waals surface area contributed by atoms with E-state index in [0.717, 1.165) is 25.0 Å². The van der Waals surface area contributed by atoms with E-state index in [2.05, 4.69) is 29.6 Å². The molecule has 0 aromatic heterocycles. The van der Waals surface area contributed by atoms with Gasteiger partial charge in [-0.15, -0.1) is 0 Å². The Hall–Kier alpha value is -1.53.